The first-order valence-corrected chi connectivity index (χ1v) is 11.3. The van der Waals surface area contributed by atoms with Gasteiger partial charge in [-0.15, -0.1) is 0 Å². The second-order valence-corrected chi connectivity index (χ2v) is 8.41. The van der Waals surface area contributed by atoms with Crippen LogP contribution in [-0.2, 0) is 17.4 Å². The molecule has 0 aliphatic rings. The molecule has 0 radical (unpaired) electrons. The van der Waals surface area contributed by atoms with Gasteiger partial charge in [0.25, 0.3) is 0 Å². The molecule has 2 aromatic rings. The van der Waals surface area contributed by atoms with Crippen molar-refractivity contribution in [3.63, 3.8) is 0 Å². The Morgan fingerprint density at radius 1 is 1.00 bits per heavy atom. The van der Waals surface area contributed by atoms with Crippen molar-refractivity contribution < 1.29 is 53.4 Å². The van der Waals surface area contributed by atoms with Crippen LogP contribution < -0.4 is 15.4 Å². The third-order valence-corrected chi connectivity index (χ3v) is 5.23. The van der Waals surface area contributed by atoms with Gasteiger partial charge in [0.2, 0.25) is 11.8 Å². The molecule has 202 valence electrons. The summed E-state index contributed by atoms with van der Waals surface area (Å²) in [5, 5.41) is 1.34. The zero-order valence-electron chi connectivity index (χ0n) is 18.8. The molecule has 1 aromatic heterocycles. The van der Waals surface area contributed by atoms with Crippen molar-refractivity contribution in [1.82, 2.24) is 4.98 Å². The number of rotatable bonds is 7. The SMILES string of the molecule is CC(=O)Nc1nc(OCC(F)(F)F)cc(PCC(F)(F)F)c1F.CCCc1ccc(C(F)(F)F)cc1. The number of ether oxygens (including phenoxy) is 1. The Hall–Kier alpha value is -2.63. The molecule has 1 heterocycles. The zero-order valence-corrected chi connectivity index (χ0v) is 19.8. The van der Waals surface area contributed by atoms with Crippen LogP contribution in [0.15, 0.2) is 30.3 Å². The van der Waals surface area contributed by atoms with Crippen LogP contribution in [0.4, 0.5) is 49.7 Å². The van der Waals surface area contributed by atoms with E-state index in [0.717, 1.165) is 37.5 Å². The number of hydrogen-bond donors (Lipinski definition) is 1. The fourth-order valence-electron chi connectivity index (χ4n) is 2.46. The van der Waals surface area contributed by atoms with Crippen LogP contribution in [0, 0.1) is 5.82 Å². The average Bonchev–Trinajstić information content (AvgIpc) is 2.72. The molecule has 2 rings (SSSR count). The van der Waals surface area contributed by atoms with E-state index in [2.05, 4.69) is 9.72 Å². The molecular formula is C21H21F10N2O2P. The molecule has 1 aromatic carbocycles. The van der Waals surface area contributed by atoms with E-state index in [-0.39, 0.29) is 0 Å². The average molecular weight is 554 g/mol. The Morgan fingerprint density at radius 3 is 2.03 bits per heavy atom. The predicted molar refractivity (Wildman–Crippen MR) is 114 cm³/mol. The van der Waals surface area contributed by atoms with Crippen molar-refractivity contribution in [2.75, 3.05) is 18.1 Å². The lowest BCUT2D eigenvalue weighted by Crippen LogP contribution is -2.22. The number of hydrogen-bond acceptors (Lipinski definition) is 3. The van der Waals surface area contributed by atoms with Crippen molar-refractivity contribution in [3.8, 4) is 5.88 Å². The summed E-state index contributed by atoms with van der Waals surface area (Å²) in [5.41, 5.74) is 0.378. The Balaban J connectivity index is 0.000000420. The molecule has 0 fully saturated rings. The van der Waals surface area contributed by atoms with E-state index in [1.807, 2.05) is 12.2 Å². The zero-order chi connectivity index (χ0) is 27.7. The Labute approximate surface area is 201 Å². The molecule has 36 heavy (non-hydrogen) atoms. The van der Waals surface area contributed by atoms with E-state index >= 15 is 0 Å². The summed E-state index contributed by atoms with van der Waals surface area (Å²) in [6, 6.07) is 5.98. The Bertz CT molecular complexity index is 990. The van der Waals surface area contributed by atoms with Gasteiger partial charge in [-0.3, -0.25) is 4.79 Å². The highest BCUT2D eigenvalue weighted by atomic mass is 31.1. The fraction of sp³-hybridized carbons (Fsp3) is 0.429. The predicted octanol–water partition coefficient (Wildman–Crippen LogP) is 6.64. The lowest BCUT2D eigenvalue weighted by molar-refractivity contribution is -0.154. The van der Waals surface area contributed by atoms with Crippen molar-refractivity contribution in [1.29, 1.82) is 0 Å². The van der Waals surface area contributed by atoms with E-state index < -0.39 is 74.2 Å². The van der Waals surface area contributed by atoms with Crippen LogP contribution in [0.5, 0.6) is 5.88 Å². The van der Waals surface area contributed by atoms with E-state index in [9.17, 15) is 48.7 Å². The van der Waals surface area contributed by atoms with E-state index in [1.165, 1.54) is 12.1 Å². The lowest BCUT2D eigenvalue weighted by atomic mass is 10.1. The number of nitrogens with zero attached hydrogens (tertiary/aromatic N) is 1. The highest BCUT2D eigenvalue weighted by Gasteiger charge is 2.31. The number of amides is 1. The van der Waals surface area contributed by atoms with Gasteiger partial charge in [-0.1, -0.05) is 34.1 Å². The molecule has 0 saturated carbocycles. The number of aryl methyl sites for hydroxylation is 1. The van der Waals surface area contributed by atoms with Crippen LogP contribution in [-0.4, -0.2) is 36.0 Å². The molecule has 0 aliphatic carbocycles. The van der Waals surface area contributed by atoms with Crippen molar-refractivity contribution in [3.05, 3.63) is 47.3 Å². The van der Waals surface area contributed by atoms with Gasteiger partial charge in [0.1, 0.15) is 0 Å². The minimum Gasteiger partial charge on any atom is -0.468 e. The summed E-state index contributed by atoms with van der Waals surface area (Å²) in [5.74, 6) is -3.57. The molecule has 15 heteroatoms. The van der Waals surface area contributed by atoms with Crippen LogP contribution in [0.2, 0.25) is 0 Å². The van der Waals surface area contributed by atoms with Gasteiger partial charge in [-0.05, 0) is 24.1 Å². The molecule has 1 amide bonds. The van der Waals surface area contributed by atoms with E-state index in [0.29, 0.717) is 6.07 Å². The largest absolute Gasteiger partial charge is 0.468 e. The van der Waals surface area contributed by atoms with Crippen molar-refractivity contribution in [2.24, 2.45) is 0 Å². The number of carbonyl (C=O) groups excluding carboxylic acids is 1. The summed E-state index contributed by atoms with van der Waals surface area (Å²) in [4.78, 5) is 14.2. The Kier molecular flexibility index (Phi) is 11.4. The topological polar surface area (TPSA) is 51.2 Å². The molecule has 0 bridgehead atoms. The van der Waals surface area contributed by atoms with Crippen molar-refractivity contribution >= 4 is 25.6 Å². The maximum Gasteiger partial charge on any atom is 0.422 e. The van der Waals surface area contributed by atoms with E-state index in [4.69, 9.17) is 0 Å². The number of benzene rings is 1. The molecule has 1 unspecified atom stereocenters. The van der Waals surface area contributed by atoms with Crippen LogP contribution in [0.3, 0.4) is 0 Å². The molecule has 4 nitrogen and oxygen atoms in total. The summed E-state index contributed by atoms with van der Waals surface area (Å²) >= 11 is 0. The summed E-state index contributed by atoms with van der Waals surface area (Å²) in [7, 11) is -1.12. The fourth-order valence-corrected chi connectivity index (χ4v) is 3.35. The number of halogens is 10. The van der Waals surface area contributed by atoms with Gasteiger partial charge in [-0.2, -0.15) is 44.5 Å². The molecular weight excluding hydrogens is 533 g/mol. The second-order valence-electron chi connectivity index (χ2n) is 7.17. The van der Waals surface area contributed by atoms with Gasteiger partial charge >= 0.3 is 18.5 Å². The standard InChI is InChI=1S/C11H10F7N2O2P.C10H11F3/c1-5(21)19-9-8(12)6(23-4-11(16,17)18)2-7(20-9)22-3-10(13,14)15;1-2-3-8-4-6-9(7-5-8)10(11,12)13/h2,23H,3-4H2,1H3,(H,19,20,21);4-7H,2-3H2,1H3. The maximum absolute atomic E-state index is 13.9. The Morgan fingerprint density at radius 2 is 1.58 bits per heavy atom. The number of nitrogens with one attached hydrogen (secondary N) is 1. The van der Waals surface area contributed by atoms with Crippen LogP contribution >= 0.6 is 8.58 Å². The minimum atomic E-state index is -4.71. The highest BCUT2D eigenvalue weighted by Crippen LogP contribution is 2.30. The highest BCUT2D eigenvalue weighted by molar-refractivity contribution is 7.47. The van der Waals surface area contributed by atoms with Gasteiger partial charge < -0.3 is 10.1 Å². The van der Waals surface area contributed by atoms with E-state index in [1.54, 1.807) is 0 Å². The number of anilines is 1. The number of carbonyl (C=O) groups is 1. The first kappa shape index (κ1) is 31.4. The van der Waals surface area contributed by atoms with Gasteiger partial charge in [0.15, 0.2) is 18.2 Å². The summed E-state index contributed by atoms with van der Waals surface area (Å²) in [6.07, 6.45) is -13.1. The third-order valence-electron chi connectivity index (χ3n) is 3.91. The summed E-state index contributed by atoms with van der Waals surface area (Å²) in [6.45, 7) is 1.21. The normalized spacial score (nSPS) is 12.3. The molecule has 0 spiro atoms. The van der Waals surface area contributed by atoms with Crippen LogP contribution in [0.1, 0.15) is 31.4 Å². The first-order chi connectivity index (χ1) is 16.4. The smallest absolute Gasteiger partial charge is 0.422 e. The second kappa shape index (κ2) is 13.1. The lowest BCUT2D eigenvalue weighted by Gasteiger charge is -2.14. The number of pyridine rings is 1. The molecule has 1 N–H and O–H groups in total. The monoisotopic (exact) mass is 554 g/mol. The minimum absolute atomic E-state index is 0.543. The summed E-state index contributed by atoms with van der Waals surface area (Å²) < 4.78 is 127. The third kappa shape index (κ3) is 12.4. The van der Waals surface area contributed by atoms with Gasteiger partial charge in [0.05, 0.1) is 11.7 Å². The number of alkyl halides is 9. The first-order valence-electron chi connectivity index (χ1n) is 10.1. The molecule has 0 aliphatic heterocycles. The quantitative estimate of drug-likeness (QED) is 0.308. The van der Waals surface area contributed by atoms with Gasteiger partial charge in [-0.25, -0.2) is 4.39 Å². The van der Waals surface area contributed by atoms with Gasteiger partial charge in [0, 0.05) is 18.3 Å². The maximum atomic E-state index is 13.9. The molecule has 1 atom stereocenters. The number of aromatic nitrogens is 1. The molecule has 0 saturated heterocycles. The van der Waals surface area contributed by atoms with Crippen molar-refractivity contribution in [2.45, 2.75) is 45.2 Å². The van der Waals surface area contributed by atoms with Crippen LogP contribution in [0.25, 0.3) is 0 Å².